The molecule has 24 heavy (non-hydrogen) atoms. The topological polar surface area (TPSA) is 72.7 Å². The monoisotopic (exact) mass is 343 g/mol. The molecule has 1 aromatic heterocycles. The highest BCUT2D eigenvalue weighted by Gasteiger charge is 2.04. The molecule has 0 unspecified atom stereocenters. The second kappa shape index (κ2) is 7.69. The third-order valence-corrected chi connectivity index (χ3v) is 4.18. The van der Waals surface area contributed by atoms with Gasteiger partial charge < -0.3 is 5.32 Å². The lowest BCUT2D eigenvalue weighted by Gasteiger charge is -2.06. The minimum absolute atomic E-state index is 0.0858. The quantitative estimate of drug-likeness (QED) is 0.745. The molecule has 0 bridgehead atoms. The number of nitrogens with zero attached hydrogens (tertiary/aromatic N) is 4. The van der Waals surface area contributed by atoms with E-state index in [-0.39, 0.29) is 11.7 Å². The van der Waals surface area contributed by atoms with E-state index in [9.17, 15) is 9.18 Å². The van der Waals surface area contributed by atoms with Crippen molar-refractivity contribution >= 4 is 23.4 Å². The van der Waals surface area contributed by atoms with Crippen LogP contribution in [0.25, 0.3) is 5.69 Å². The van der Waals surface area contributed by atoms with E-state index in [0.717, 1.165) is 11.3 Å². The molecule has 122 valence electrons. The van der Waals surface area contributed by atoms with Gasteiger partial charge in [0.25, 0.3) is 0 Å². The van der Waals surface area contributed by atoms with Crippen LogP contribution in [0.5, 0.6) is 0 Å². The lowest BCUT2D eigenvalue weighted by Crippen LogP contribution is -2.14. The number of thioether (sulfide) groups is 1. The first-order chi connectivity index (χ1) is 11.7. The number of tetrazole rings is 1. The first-order valence-electron chi connectivity index (χ1n) is 7.16. The Hall–Kier alpha value is -2.74. The summed E-state index contributed by atoms with van der Waals surface area (Å²) in [5, 5.41) is 13.8. The molecular weight excluding hydrogens is 329 g/mol. The van der Waals surface area contributed by atoms with Gasteiger partial charge in [0.1, 0.15) is 12.1 Å². The third kappa shape index (κ3) is 4.39. The molecule has 1 heterocycles. The van der Waals surface area contributed by atoms with Crippen molar-refractivity contribution in [3.05, 3.63) is 66.2 Å². The van der Waals surface area contributed by atoms with Crippen LogP contribution in [-0.2, 0) is 10.5 Å². The molecule has 0 aliphatic rings. The molecule has 0 radical (unpaired) electrons. The van der Waals surface area contributed by atoms with Crippen LogP contribution in [0.3, 0.4) is 0 Å². The van der Waals surface area contributed by atoms with Crippen molar-refractivity contribution in [1.29, 1.82) is 0 Å². The van der Waals surface area contributed by atoms with E-state index in [1.807, 2.05) is 12.1 Å². The summed E-state index contributed by atoms with van der Waals surface area (Å²) in [7, 11) is 0. The van der Waals surface area contributed by atoms with Crippen molar-refractivity contribution in [3.8, 4) is 5.69 Å². The number of hydrogen-bond donors (Lipinski definition) is 1. The fourth-order valence-electron chi connectivity index (χ4n) is 2.02. The molecule has 0 aliphatic carbocycles. The first kappa shape index (κ1) is 16.1. The number of nitrogens with one attached hydrogen (secondary N) is 1. The van der Waals surface area contributed by atoms with Crippen LogP contribution >= 0.6 is 11.8 Å². The fourth-order valence-corrected chi connectivity index (χ4v) is 2.80. The van der Waals surface area contributed by atoms with Crippen molar-refractivity contribution in [2.24, 2.45) is 0 Å². The van der Waals surface area contributed by atoms with Gasteiger partial charge in [-0.1, -0.05) is 12.1 Å². The largest absolute Gasteiger partial charge is 0.325 e. The number of carbonyl (C=O) groups is 1. The maximum absolute atomic E-state index is 12.8. The Kier molecular flexibility index (Phi) is 5.17. The highest BCUT2D eigenvalue weighted by Crippen LogP contribution is 2.15. The van der Waals surface area contributed by atoms with Gasteiger partial charge in [-0.3, -0.25) is 4.79 Å². The highest BCUT2D eigenvalue weighted by molar-refractivity contribution is 7.99. The Morgan fingerprint density at radius 2 is 1.88 bits per heavy atom. The number of carbonyl (C=O) groups excluding carboxylic acids is 1. The van der Waals surface area contributed by atoms with Crippen LogP contribution in [0, 0.1) is 5.82 Å². The maximum Gasteiger partial charge on any atom is 0.234 e. The zero-order valence-electron chi connectivity index (χ0n) is 12.6. The van der Waals surface area contributed by atoms with Crippen LogP contribution in [0.4, 0.5) is 10.1 Å². The molecule has 0 saturated heterocycles. The SMILES string of the molecule is O=C(CSCc1ccc(F)cc1)Nc1ccc(-n2cnnn2)cc1. The van der Waals surface area contributed by atoms with Gasteiger partial charge in [0, 0.05) is 11.4 Å². The number of halogens is 1. The first-order valence-corrected chi connectivity index (χ1v) is 8.32. The second-order valence-corrected chi connectivity index (χ2v) is 5.95. The summed E-state index contributed by atoms with van der Waals surface area (Å²) in [5.41, 5.74) is 2.50. The molecule has 2 aromatic carbocycles. The van der Waals surface area contributed by atoms with E-state index in [2.05, 4.69) is 20.8 Å². The van der Waals surface area contributed by atoms with Crippen molar-refractivity contribution in [3.63, 3.8) is 0 Å². The molecular formula is C16H14FN5OS. The molecule has 0 aliphatic heterocycles. The van der Waals surface area contributed by atoms with Crippen LogP contribution < -0.4 is 5.32 Å². The summed E-state index contributed by atoms with van der Waals surface area (Å²) in [5.74, 6) is 0.641. The number of rotatable bonds is 6. The van der Waals surface area contributed by atoms with E-state index < -0.39 is 0 Å². The minimum atomic E-state index is -0.258. The van der Waals surface area contributed by atoms with Crippen LogP contribution in [0.1, 0.15) is 5.56 Å². The van der Waals surface area contributed by atoms with E-state index in [1.165, 1.54) is 34.9 Å². The molecule has 0 fully saturated rings. The lowest BCUT2D eigenvalue weighted by atomic mass is 10.2. The Labute approximate surface area is 142 Å². The number of benzene rings is 2. The summed E-state index contributed by atoms with van der Waals surface area (Å²) in [4.78, 5) is 11.9. The summed E-state index contributed by atoms with van der Waals surface area (Å²) in [6, 6.07) is 13.5. The molecule has 0 spiro atoms. The van der Waals surface area contributed by atoms with Gasteiger partial charge in [0.15, 0.2) is 0 Å². The lowest BCUT2D eigenvalue weighted by molar-refractivity contribution is -0.113. The molecule has 1 N–H and O–H groups in total. The molecule has 8 heteroatoms. The van der Waals surface area contributed by atoms with Crippen molar-refractivity contribution in [2.75, 3.05) is 11.1 Å². The van der Waals surface area contributed by atoms with E-state index >= 15 is 0 Å². The van der Waals surface area contributed by atoms with Crippen LogP contribution in [-0.4, -0.2) is 31.9 Å². The van der Waals surface area contributed by atoms with Crippen molar-refractivity contribution in [2.45, 2.75) is 5.75 Å². The fraction of sp³-hybridized carbons (Fsp3) is 0.125. The average molecular weight is 343 g/mol. The Bertz CT molecular complexity index is 790. The van der Waals surface area contributed by atoms with Gasteiger partial charge in [-0.25, -0.2) is 9.07 Å². The van der Waals surface area contributed by atoms with Gasteiger partial charge in [-0.05, 0) is 52.4 Å². The van der Waals surface area contributed by atoms with Gasteiger partial charge in [-0.15, -0.1) is 16.9 Å². The molecule has 0 atom stereocenters. The van der Waals surface area contributed by atoms with Crippen molar-refractivity contribution in [1.82, 2.24) is 20.2 Å². The van der Waals surface area contributed by atoms with Gasteiger partial charge in [0.05, 0.1) is 11.4 Å². The summed E-state index contributed by atoms with van der Waals surface area (Å²) < 4.78 is 14.3. The zero-order chi connectivity index (χ0) is 16.8. The predicted molar refractivity (Wildman–Crippen MR) is 90.3 cm³/mol. The van der Waals surface area contributed by atoms with Gasteiger partial charge >= 0.3 is 0 Å². The Balaban J connectivity index is 1.47. The normalized spacial score (nSPS) is 10.5. The summed E-state index contributed by atoms with van der Waals surface area (Å²) in [6.07, 6.45) is 1.50. The molecule has 6 nitrogen and oxygen atoms in total. The summed E-state index contributed by atoms with van der Waals surface area (Å²) >= 11 is 1.48. The highest BCUT2D eigenvalue weighted by atomic mass is 32.2. The predicted octanol–water partition coefficient (Wildman–Crippen LogP) is 2.67. The number of anilines is 1. The van der Waals surface area contributed by atoms with Gasteiger partial charge in [-0.2, -0.15) is 0 Å². The zero-order valence-corrected chi connectivity index (χ0v) is 13.4. The molecule has 3 rings (SSSR count). The minimum Gasteiger partial charge on any atom is -0.325 e. The smallest absolute Gasteiger partial charge is 0.234 e. The van der Waals surface area contributed by atoms with Gasteiger partial charge in [0.2, 0.25) is 5.91 Å². The molecule has 0 saturated carbocycles. The molecule has 3 aromatic rings. The van der Waals surface area contributed by atoms with E-state index in [0.29, 0.717) is 17.2 Å². The Morgan fingerprint density at radius 1 is 1.12 bits per heavy atom. The Morgan fingerprint density at radius 3 is 2.54 bits per heavy atom. The summed E-state index contributed by atoms with van der Waals surface area (Å²) in [6.45, 7) is 0. The average Bonchev–Trinajstić information content (AvgIpc) is 3.12. The standard InChI is InChI=1S/C16H14FN5OS/c17-13-3-1-12(2-4-13)9-24-10-16(23)19-14-5-7-15(8-6-14)22-11-18-20-21-22/h1-8,11H,9-10H2,(H,19,23). The third-order valence-electron chi connectivity index (χ3n) is 3.18. The van der Waals surface area contributed by atoms with E-state index in [1.54, 1.807) is 24.3 Å². The van der Waals surface area contributed by atoms with Crippen LogP contribution in [0.2, 0.25) is 0 Å². The number of aromatic nitrogens is 4. The maximum atomic E-state index is 12.8. The molecule has 1 amide bonds. The van der Waals surface area contributed by atoms with Crippen molar-refractivity contribution < 1.29 is 9.18 Å². The van der Waals surface area contributed by atoms with Crippen LogP contribution in [0.15, 0.2) is 54.9 Å². The number of amides is 1. The second-order valence-electron chi connectivity index (χ2n) is 4.97. The van der Waals surface area contributed by atoms with E-state index in [4.69, 9.17) is 0 Å². The number of hydrogen-bond acceptors (Lipinski definition) is 5.